The molecule has 61 heavy (non-hydrogen) atoms. The van der Waals surface area contributed by atoms with E-state index in [4.69, 9.17) is 0 Å². The van der Waals surface area contributed by atoms with Crippen molar-refractivity contribution in [2.45, 2.75) is 69.2 Å². The van der Waals surface area contributed by atoms with Gasteiger partial charge in [-0.05, 0) is 109 Å². The van der Waals surface area contributed by atoms with Crippen LogP contribution in [-0.4, -0.2) is 89.7 Å². The van der Waals surface area contributed by atoms with Crippen LogP contribution in [0.25, 0.3) is 0 Å². The first-order chi connectivity index (χ1) is 29.4. The third kappa shape index (κ3) is 33.3. The second-order valence-electron chi connectivity index (χ2n) is 11.7. The highest BCUT2D eigenvalue weighted by molar-refractivity contribution is 7.05. The fraction of sp³-hybridized carbons (Fsp3) is 0.263. The Hall–Kier alpha value is -7.40. The SMILES string of the molecule is Cc1ccn[nH]1.Cc1ccns1.Cc1ccon1.Cc1cnc[nH]1.Cc1cncnc1.Cc1cnoc1.Cc1cnsc1.Cc1ncn[nH]1.Cc1ncn[nH]1.Cc1ncno1. The van der Waals surface area contributed by atoms with Gasteiger partial charge in [0.25, 0.3) is 0 Å². The summed E-state index contributed by atoms with van der Waals surface area (Å²) in [4.78, 5) is 26.6. The quantitative estimate of drug-likeness (QED) is 0.113. The molecule has 0 aliphatic carbocycles. The Kier molecular flexibility index (Phi) is 29.3. The Morgan fingerprint density at radius 1 is 0.557 bits per heavy atom. The molecule has 4 N–H and O–H groups in total. The zero-order valence-electron chi connectivity index (χ0n) is 35.7. The van der Waals surface area contributed by atoms with Crippen molar-refractivity contribution in [2.24, 2.45) is 0 Å². The maximum atomic E-state index is 4.47. The minimum absolute atomic E-state index is 0.606. The summed E-state index contributed by atoms with van der Waals surface area (Å²) in [7, 11) is 0. The summed E-state index contributed by atoms with van der Waals surface area (Å²) in [6, 6.07) is 5.71. The number of nitrogens with one attached hydrogen (secondary N) is 4. The van der Waals surface area contributed by atoms with E-state index in [2.05, 4.69) is 103 Å². The van der Waals surface area contributed by atoms with Crippen LogP contribution in [0.3, 0.4) is 0 Å². The van der Waals surface area contributed by atoms with Crippen LogP contribution in [-0.2, 0) is 0 Å². The van der Waals surface area contributed by atoms with Gasteiger partial charge < -0.3 is 18.6 Å². The maximum absolute atomic E-state index is 4.47. The number of hydrogen-bond donors (Lipinski definition) is 4. The molecule has 0 aliphatic heterocycles. The molecule has 10 rings (SSSR count). The fourth-order valence-electron chi connectivity index (χ4n) is 2.85. The van der Waals surface area contributed by atoms with Crippen molar-refractivity contribution in [1.29, 1.82) is 0 Å². The fourth-order valence-corrected chi connectivity index (χ4v) is 3.78. The second-order valence-corrected chi connectivity index (χ2v) is 13.4. The van der Waals surface area contributed by atoms with Crippen molar-refractivity contribution in [1.82, 2.24) is 89.7 Å². The molecule has 0 fully saturated rings. The van der Waals surface area contributed by atoms with Crippen LogP contribution >= 0.6 is 23.1 Å². The number of aromatic nitrogens is 18. The molecule has 23 heteroatoms. The van der Waals surface area contributed by atoms with E-state index in [1.807, 2.05) is 86.0 Å². The molecule has 10 aromatic rings. The smallest absolute Gasteiger partial charge is 0.223 e. The lowest BCUT2D eigenvalue weighted by molar-refractivity contribution is 0.392. The Morgan fingerprint density at radius 2 is 1.28 bits per heavy atom. The van der Waals surface area contributed by atoms with Gasteiger partial charge in [-0.2, -0.15) is 20.3 Å². The molecule has 0 saturated carbocycles. The average Bonchev–Trinajstić information content (AvgIpc) is 4.08. The van der Waals surface area contributed by atoms with E-state index >= 15 is 0 Å². The van der Waals surface area contributed by atoms with Crippen molar-refractivity contribution in [3.8, 4) is 0 Å². The van der Waals surface area contributed by atoms with E-state index in [0.717, 1.165) is 39.9 Å². The molecule has 0 atom stereocenters. The van der Waals surface area contributed by atoms with Gasteiger partial charge in [0.1, 0.15) is 43.2 Å². The Labute approximate surface area is 361 Å². The van der Waals surface area contributed by atoms with Crippen LogP contribution in [0.15, 0.2) is 125 Å². The highest BCUT2D eigenvalue weighted by Gasteiger charge is 1.81. The lowest BCUT2D eigenvalue weighted by Crippen LogP contribution is -1.75. The van der Waals surface area contributed by atoms with E-state index in [0.29, 0.717) is 5.89 Å². The molecule has 10 heterocycles. The summed E-state index contributed by atoms with van der Waals surface area (Å²) in [6.45, 7) is 19.2. The lowest BCUT2D eigenvalue weighted by Gasteiger charge is -1.81. The summed E-state index contributed by atoms with van der Waals surface area (Å²) >= 11 is 3.02. The number of H-pyrrole nitrogens is 4. The number of aromatic amines is 4. The number of hydrogen-bond acceptors (Lipinski definition) is 19. The number of rotatable bonds is 0. The minimum atomic E-state index is 0.606. The van der Waals surface area contributed by atoms with E-state index in [1.165, 1.54) is 58.8 Å². The van der Waals surface area contributed by atoms with Gasteiger partial charge in [0.2, 0.25) is 5.89 Å². The van der Waals surface area contributed by atoms with Gasteiger partial charge in [-0.15, -0.1) is 0 Å². The van der Waals surface area contributed by atoms with E-state index in [9.17, 15) is 0 Å². The van der Waals surface area contributed by atoms with Gasteiger partial charge >= 0.3 is 0 Å². The van der Waals surface area contributed by atoms with Gasteiger partial charge in [0.05, 0.1) is 18.2 Å². The Morgan fingerprint density at radius 3 is 1.44 bits per heavy atom. The predicted octanol–water partition coefficient (Wildman–Crippen LogP) is 7.69. The van der Waals surface area contributed by atoms with Crippen molar-refractivity contribution in [2.75, 3.05) is 0 Å². The normalized spacial score (nSPS) is 8.82. The van der Waals surface area contributed by atoms with E-state index in [-0.39, 0.29) is 0 Å². The molecule has 0 aromatic carbocycles. The zero-order chi connectivity index (χ0) is 44.8. The van der Waals surface area contributed by atoms with Gasteiger partial charge in [-0.25, -0.2) is 33.7 Å². The summed E-state index contributed by atoms with van der Waals surface area (Å²) < 4.78 is 21.1. The molecule has 0 aliphatic rings. The van der Waals surface area contributed by atoms with Crippen LogP contribution in [0.2, 0.25) is 0 Å². The molecule has 0 spiro atoms. The summed E-state index contributed by atoms with van der Waals surface area (Å²) in [5.41, 5.74) is 6.55. The first kappa shape index (κ1) is 51.6. The van der Waals surface area contributed by atoms with Gasteiger partial charge in [0, 0.05) is 77.4 Å². The van der Waals surface area contributed by atoms with Gasteiger partial charge in [-0.3, -0.25) is 15.3 Å². The third-order valence-corrected chi connectivity index (χ3v) is 7.11. The van der Waals surface area contributed by atoms with Crippen molar-refractivity contribution >= 4 is 23.1 Å². The molecule has 0 unspecified atom stereocenters. The molecule has 324 valence electrons. The van der Waals surface area contributed by atoms with Crippen LogP contribution < -0.4 is 0 Å². The van der Waals surface area contributed by atoms with E-state index in [1.54, 1.807) is 69.0 Å². The first-order valence-corrected chi connectivity index (χ1v) is 19.5. The summed E-state index contributed by atoms with van der Waals surface area (Å²) in [5.74, 6) is 2.32. The molecule has 21 nitrogen and oxygen atoms in total. The molecular formula is C38H52N18O3S2. The van der Waals surface area contributed by atoms with Gasteiger partial charge in [-0.1, -0.05) is 15.5 Å². The van der Waals surface area contributed by atoms with Crippen LogP contribution in [0.4, 0.5) is 0 Å². The molecule has 10 aromatic heterocycles. The Balaban J connectivity index is 0.000000339. The van der Waals surface area contributed by atoms with Crippen molar-refractivity contribution < 1.29 is 13.6 Å². The standard InChI is InChI=1S/C5H6N2.2C4H6N2.2C4H5NO.2C4H5NS.2C3H5N3.C3H4N2O/c1-5-2-6-4-7-3-5;1-4-2-5-3-6-4;1-4-2-3-5-6-4;1-4-2-5-6-3-4;1-4-2-3-6-5-4;1-4-2-5-6-3-4;1-4-2-3-5-6-4;3*1-3-4-2-5-6-3/h2-4H,1H3;2*2-3H,1H3,(H,5,6);4*2-3H,1H3;2*2H,1H3,(H,4,5,6);2H,1H3. The topological polar surface area (TPSA) is 283 Å². The molecule has 0 radical (unpaired) electrons. The summed E-state index contributed by atoms with van der Waals surface area (Å²) in [6.07, 6.45) is 23.0. The monoisotopic (exact) mass is 872 g/mol. The van der Waals surface area contributed by atoms with Crippen molar-refractivity contribution in [3.63, 3.8) is 0 Å². The summed E-state index contributed by atoms with van der Waals surface area (Å²) in [5, 5.41) is 31.2. The van der Waals surface area contributed by atoms with Crippen molar-refractivity contribution in [3.05, 3.63) is 167 Å². The molecule has 0 bridgehead atoms. The maximum Gasteiger partial charge on any atom is 0.223 e. The van der Waals surface area contributed by atoms with Gasteiger partial charge in [0.15, 0.2) is 6.33 Å². The van der Waals surface area contributed by atoms with Crippen LogP contribution in [0, 0.1) is 69.2 Å². The number of nitrogens with zero attached hydrogens (tertiary/aromatic N) is 14. The number of aryl methyl sites for hydroxylation is 10. The highest BCUT2D eigenvalue weighted by atomic mass is 32.1. The predicted molar refractivity (Wildman–Crippen MR) is 231 cm³/mol. The first-order valence-electron chi connectivity index (χ1n) is 17.9. The average molecular weight is 873 g/mol. The number of imidazole rings is 1. The molecular weight excluding hydrogens is 821 g/mol. The zero-order valence-corrected chi connectivity index (χ0v) is 37.3. The largest absolute Gasteiger partial charge is 0.365 e. The van der Waals surface area contributed by atoms with Crippen LogP contribution in [0.1, 0.15) is 56.2 Å². The Bertz CT molecular complexity index is 1770. The van der Waals surface area contributed by atoms with Crippen LogP contribution in [0.5, 0.6) is 0 Å². The van der Waals surface area contributed by atoms with E-state index < -0.39 is 0 Å². The molecule has 0 amide bonds. The lowest BCUT2D eigenvalue weighted by atomic mass is 10.4. The minimum Gasteiger partial charge on any atom is -0.365 e. The second kappa shape index (κ2) is 34.6. The molecule has 0 saturated heterocycles. The highest BCUT2D eigenvalue weighted by Crippen LogP contribution is 1.98. The third-order valence-electron chi connectivity index (χ3n) is 5.75.